The number of nitrogens with zero attached hydrogens (tertiary/aromatic N) is 2. The van der Waals surface area contributed by atoms with E-state index >= 15 is 0 Å². The number of benzene rings is 2. The third kappa shape index (κ3) is 6.22. The number of esters is 1. The second-order valence-corrected chi connectivity index (χ2v) is 10.9. The SMILES string of the molecule is COC(=O)c1cccc2c1c(C=O)c(-c1ccc(CN(C)C(=O)OC(C)(C)C)cc1)n2C(=O)OC(C)(C)C. The Balaban J connectivity index is 2.14. The average molecular weight is 523 g/mol. The molecule has 0 unspecified atom stereocenters. The summed E-state index contributed by atoms with van der Waals surface area (Å²) in [6, 6.07) is 11.9. The molecule has 0 fully saturated rings. The summed E-state index contributed by atoms with van der Waals surface area (Å²) in [5.41, 5.74) is 0.886. The zero-order valence-corrected chi connectivity index (χ0v) is 23.1. The van der Waals surface area contributed by atoms with E-state index in [1.54, 1.807) is 91.1 Å². The molecule has 0 aliphatic carbocycles. The largest absolute Gasteiger partial charge is 0.465 e. The van der Waals surface area contributed by atoms with E-state index in [4.69, 9.17) is 14.2 Å². The molecule has 38 heavy (non-hydrogen) atoms. The highest BCUT2D eigenvalue weighted by Crippen LogP contribution is 2.36. The number of amides is 1. The standard InChI is InChI=1S/C29H34N2O7/c1-28(2,3)37-26(34)30(7)16-18-12-14-19(15-13-18)24-21(17-32)23-20(25(33)36-8)10-9-11-22(23)31(24)27(35)38-29(4,5)6/h9-15,17H,16H2,1-8H3. The number of ether oxygens (including phenoxy) is 3. The molecule has 0 atom stereocenters. The fourth-order valence-electron chi connectivity index (χ4n) is 3.99. The summed E-state index contributed by atoms with van der Waals surface area (Å²) in [6.45, 7) is 10.9. The Morgan fingerprint density at radius 3 is 2.05 bits per heavy atom. The Morgan fingerprint density at radius 2 is 1.53 bits per heavy atom. The molecule has 9 heteroatoms. The van der Waals surface area contributed by atoms with E-state index in [-0.39, 0.29) is 23.4 Å². The van der Waals surface area contributed by atoms with E-state index in [1.165, 1.54) is 16.6 Å². The monoisotopic (exact) mass is 522 g/mol. The van der Waals surface area contributed by atoms with Crippen molar-refractivity contribution >= 4 is 35.3 Å². The Kier molecular flexibility index (Phi) is 8.00. The quantitative estimate of drug-likeness (QED) is 0.228. The first kappa shape index (κ1) is 28.4. The molecule has 0 radical (unpaired) electrons. The normalized spacial score (nSPS) is 11.7. The maximum absolute atomic E-state index is 13.4. The molecule has 1 amide bonds. The summed E-state index contributed by atoms with van der Waals surface area (Å²) >= 11 is 0. The molecule has 0 aliphatic heterocycles. The van der Waals surface area contributed by atoms with Gasteiger partial charge in [-0.3, -0.25) is 4.79 Å². The van der Waals surface area contributed by atoms with Crippen LogP contribution in [0.5, 0.6) is 0 Å². The molecule has 202 valence electrons. The first-order valence-corrected chi connectivity index (χ1v) is 12.1. The van der Waals surface area contributed by atoms with E-state index < -0.39 is 29.4 Å². The van der Waals surface area contributed by atoms with Gasteiger partial charge < -0.3 is 19.1 Å². The number of hydrogen-bond acceptors (Lipinski definition) is 7. The van der Waals surface area contributed by atoms with Crippen molar-refractivity contribution in [1.82, 2.24) is 9.47 Å². The van der Waals surface area contributed by atoms with Gasteiger partial charge in [-0.05, 0) is 64.8 Å². The van der Waals surface area contributed by atoms with E-state index in [0.717, 1.165) is 5.56 Å². The molecular weight excluding hydrogens is 488 g/mol. The lowest BCUT2D eigenvalue weighted by Crippen LogP contribution is -2.33. The van der Waals surface area contributed by atoms with Crippen molar-refractivity contribution in [2.75, 3.05) is 14.2 Å². The second kappa shape index (κ2) is 10.7. The van der Waals surface area contributed by atoms with Crippen LogP contribution in [-0.2, 0) is 20.8 Å². The topological polar surface area (TPSA) is 104 Å². The Morgan fingerprint density at radius 1 is 0.921 bits per heavy atom. The van der Waals surface area contributed by atoms with Crippen molar-refractivity contribution in [3.8, 4) is 11.3 Å². The summed E-state index contributed by atoms with van der Waals surface area (Å²) in [6.07, 6.45) is -0.526. The lowest BCUT2D eigenvalue weighted by Gasteiger charge is -2.24. The van der Waals surface area contributed by atoms with Crippen molar-refractivity contribution in [1.29, 1.82) is 0 Å². The van der Waals surface area contributed by atoms with Crippen molar-refractivity contribution in [3.63, 3.8) is 0 Å². The summed E-state index contributed by atoms with van der Waals surface area (Å²) in [5.74, 6) is -0.632. The third-order valence-electron chi connectivity index (χ3n) is 5.48. The first-order chi connectivity index (χ1) is 17.7. The minimum atomic E-state index is -0.803. The van der Waals surface area contributed by atoms with Crippen LogP contribution in [0.15, 0.2) is 42.5 Å². The number of aromatic nitrogens is 1. The van der Waals surface area contributed by atoms with E-state index in [0.29, 0.717) is 22.8 Å². The van der Waals surface area contributed by atoms with Gasteiger partial charge >= 0.3 is 18.2 Å². The van der Waals surface area contributed by atoms with Crippen molar-refractivity contribution in [2.24, 2.45) is 0 Å². The van der Waals surface area contributed by atoms with Gasteiger partial charge in [0.2, 0.25) is 0 Å². The molecule has 3 rings (SSSR count). The molecule has 0 saturated heterocycles. The Hall–Kier alpha value is -4.14. The minimum Gasteiger partial charge on any atom is -0.465 e. The molecule has 1 aromatic heterocycles. The van der Waals surface area contributed by atoms with Gasteiger partial charge in [0.1, 0.15) is 11.2 Å². The van der Waals surface area contributed by atoms with Crippen LogP contribution in [0.2, 0.25) is 0 Å². The predicted molar refractivity (Wildman–Crippen MR) is 143 cm³/mol. The highest BCUT2D eigenvalue weighted by molar-refractivity contribution is 6.16. The van der Waals surface area contributed by atoms with Crippen LogP contribution in [0.3, 0.4) is 0 Å². The predicted octanol–water partition coefficient (Wildman–Crippen LogP) is 6.06. The smallest absolute Gasteiger partial charge is 0.419 e. The van der Waals surface area contributed by atoms with Gasteiger partial charge in [-0.1, -0.05) is 30.3 Å². The molecule has 3 aromatic rings. The van der Waals surface area contributed by atoms with Crippen LogP contribution in [0.25, 0.3) is 22.2 Å². The van der Waals surface area contributed by atoms with Gasteiger partial charge in [0.15, 0.2) is 6.29 Å². The van der Waals surface area contributed by atoms with Gasteiger partial charge in [0.05, 0.1) is 23.9 Å². The Bertz CT molecular complexity index is 1370. The van der Waals surface area contributed by atoms with E-state index in [2.05, 4.69) is 0 Å². The number of carbonyl (C=O) groups is 4. The third-order valence-corrected chi connectivity index (χ3v) is 5.48. The number of aldehydes is 1. The van der Waals surface area contributed by atoms with Crippen molar-refractivity contribution < 1.29 is 33.4 Å². The average Bonchev–Trinajstić information content (AvgIpc) is 3.16. The molecule has 0 N–H and O–H groups in total. The zero-order valence-electron chi connectivity index (χ0n) is 23.1. The zero-order chi connectivity index (χ0) is 28.4. The number of methoxy groups -OCH3 is 1. The van der Waals surface area contributed by atoms with Gasteiger partial charge in [-0.2, -0.15) is 0 Å². The molecule has 9 nitrogen and oxygen atoms in total. The van der Waals surface area contributed by atoms with Gasteiger partial charge in [-0.15, -0.1) is 0 Å². The van der Waals surface area contributed by atoms with Crippen LogP contribution in [0, 0.1) is 0 Å². The second-order valence-electron chi connectivity index (χ2n) is 10.9. The van der Waals surface area contributed by atoms with Crippen LogP contribution in [-0.4, -0.2) is 59.3 Å². The van der Waals surface area contributed by atoms with Crippen molar-refractivity contribution in [3.05, 3.63) is 59.2 Å². The number of fused-ring (bicyclic) bond motifs is 1. The highest BCUT2D eigenvalue weighted by atomic mass is 16.6. The summed E-state index contributed by atoms with van der Waals surface area (Å²) < 4.78 is 17.3. The van der Waals surface area contributed by atoms with Gasteiger partial charge in [0.25, 0.3) is 0 Å². The van der Waals surface area contributed by atoms with Crippen LogP contribution in [0.1, 0.15) is 67.8 Å². The highest BCUT2D eigenvalue weighted by Gasteiger charge is 2.29. The maximum atomic E-state index is 13.4. The molecule has 0 bridgehead atoms. The lowest BCUT2D eigenvalue weighted by atomic mass is 10.0. The fourth-order valence-corrected chi connectivity index (χ4v) is 3.99. The summed E-state index contributed by atoms with van der Waals surface area (Å²) in [4.78, 5) is 52.2. The number of carbonyl (C=O) groups excluding carboxylic acids is 4. The first-order valence-electron chi connectivity index (χ1n) is 12.1. The van der Waals surface area contributed by atoms with E-state index in [9.17, 15) is 19.2 Å². The Labute approximate surface area is 222 Å². The summed E-state index contributed by atoms with van der Waals surface area (Å²) in [7, 11) is 2.89. The van der Waals surface area contributed by atoms with Crippen LogP contribution >= 0.6 is 0 Å². The molecule has 2 aromatic carbocycles. The molecular formula is C29H34N2O7. The number of rotatable bonds is 5. The van der Waals surface area contributed by atoms with E-state index in [1.807, 2.05) is 0 Å². The molecule has 0 saturated carbocycles. The van der Waals surface area contributed by atoms with Crippen LogP contribution < -0.4 is 0 Å². The molecule has 1 heterocycles. The fraction of sp³-hybridized carbons (Fsp3) is 0.379. The maximum Gasteiger partial charge on any atom is 0.419 e. The summed E-state index contributed by atoms with van der Waals surface area (Å²) in [5, 5.41) is 0.295. The van der Waals surface area contributed by atoms with Crippen LogP contribution in [0.4, 0.5) is 9.59 Å². The minimum absolute atomic E-state index is 0.158. The van der Waals surface area contributed by atoms with Crippen molar-refractivity contribution in [2.45, 2.75) is 59.3 Å². The van der Waals surface area contributed by atoms with Gasteiger partial charge in [0, 0.05) is 24.5 Å². The lowest BCUT2D eigenvalue weighted by molar-refractivity contribution is 0.0284. The molecule has 0 spiro atoms. The molecule has 0 aliphatic rings. The van der Waals surface area contributed by atoms with Gasteiger partial charge in [-0.25, -0.2) is 19.0 Å². The number of hydrogen-bond donors (Lipinski definition) is 0.